The van der Waals surface area contributed by atoms with Gasteiger partial charge in [0.2, 0.25) is 0 Å². The predicted molar refractivity (Wildman–Crippen MR) is 54.3 cm³/mol. The molecule has 0 spiro atoms. The summed E-state index contributed by atoms with van der Waals surface area (Å²) in [5.74, 6) is 0.794. The summed E-state index contributed by atoms with van der Waals surface area (Å²) in [6, 6.07) is 5.86. The van der Waals surface area contributed by atoms with Crippen LogP contribution in [0.1, 0.15) is 11.5 Å². The Hall–Kier alpha value is -2.23. The zero-order valence-corrected chi connectivity index (χ0v) is 7.71. The third-order valence-electron chi connectivity index (χ3n) is 1.73. The summed E-state index contributed by atoms with van der Waals surface area (Å²) >= 11 is 0. The van der Waals surface area contributed by atoms with Crippen LogP contribution in [0.5, 0.6) is 5.75 Å². The molecule has 0 fully saturated rings. The van der Waals surface area contributed by atoms with Crippen molar-refractivity contribution in [2.45, 2.75) is 0 Å². The standard InChI is InChI=1S/C11H8O4/c12-8-6-10(15-11(13)7-8)4-3-9-2-1-5-14-9/h1-7,12H. The van der Waals surface area contributed by atoms with Gasteiger partial charge in [-0.15, -0.1) is 0 Å². The molecular formula is C11H8O4. The number of rotatable bonds is 2. The van der Waals surface area contributed by atoms with Crippen molar-refractivity contribution in [3.05, 3.63) is 52.5 Å². The van der Waals surface area contributed by atoms with Crippen LogP contribution in [0.25, 0.3) is 12.2 Å². The summed E-state index contributed by atoms with van der Waals surface area (Å²) < 4.78 is 9.86. The third-order valence-corrected chi connectivity index (χ3v) is 1.73. The van der Waals surface area contributed by atoms with Crippen LogP contribution in [0.4, 0.5) is 0 Å². The van der Waals surface area contributed by atoms with Crippen LogP contribution >= 0.6 is 0 Å². The highest BCUT2D eigenvalue weighted by atomic mass is 16.4. The Morgan fingerprint density at radius 1 is 1.20 bits per heavy atom. The average Bonchev–Trinajstić information content (AvgIpc) is 2.65. The Bertz CT molecular complexity index is 520. The zero-order chi connectivity index (χ0) is 10.7. The highest BCUT2D eigenvalue weighted by Gasteiger charge is 1.97. The molecule has 2 heterocycles. The van der Waals surface area contributed by atoms with Gasteiger partial charge in [0.25, 0.3) is 0 Å². The van der Waals surface area contributed by atoms with Gasteiger partial charge < -0.3 is 13.9 Å². The van der Waals surface area contributed by atoms with Crippen LogP contribution in [0.2, 0.25) is 0 Å². The van der Waals surface area contributed by atoms with Crippen LogP contribution < -0.4 is 5.63 Å². The summed E-state index contributed by atoms with van der Waals surface area (Å²) in [4.78, 5) is 10.9. The van der Waals surface area contributed by atoms with Crippen molar-refractivity contribution in [1.82, 2.24) is 0 Å². The molecule has 0 amide bonds. The molecule has 1 N–H and O–H groups in total. The Morgan fingerprint density at radius 2 is 2.00 bits per heavy atom. The predicted octanol–water partition coefficient (Wildman–Crippen LogP) is 2.11. The molecule has 2 aromatic rings. The SMILES string of the molecule is O=c1cc(O)cc(C=Cc2ccco2)o1. The first-order chi connectivity index (χ1) is 7.24. The molecule has 0 aliphatic rings. The minimum absolute atomic E-state index is 0.120. The molecule has 0 radical (unpaired) electrons. The largest absolute Gasteiger partial charge is 0.508 e. The maximum absolute atomic E-state index is 10.9. The van der Waals surface area contributed by atoms with Gasteiger partial charge in [-0.2, -0.15) is 0 Å². The summed E-state index contributed by atoms with van der Waals surface area (Å²) in [7, 11) is 0. The molecule has 0 bridgehead atoms. The van der Waals surface area contributed by atoms with Crippen LogP contribution in [0, 0.1) is 0 Å². The van der Waals surface area contributed by atoms with E-state index in [-0.39, 0.29) is 11.5 Å². The fraction of sp³-hybridized carbons (Fsp3) is 0. The van der Waals surface area contributed by atoms with Gasteiger partial charge in [0.15, 0.2) is 0 Å². The van der Waals surface area contributed by atoms with Gasteiger partial charge in [0.1, 0.15) is 17.3 Å². The molecule has 76 valence electrons. The minimum atomic E-state index is -0.589. The average molecular weight is 204 g/mol. The minimum Gasteiger partial charge on any atom is -0.508 e. The van der Waals surface area contributed by atoms with Crippen LogP contribution in [-0.4, -0.2) is 5.11 Å². The van der Waals surface area contributed by atoms with Gasteiger partial charge in [-0.05, 0) is 24.3 Å². The van der Waals surface area contributed by atoms with Crippen molar-refractivity contribution in [3.63, 3.8) is 0 Å². The molecule has 0 aliphatic carbocycles. The van der Waals surface area contributed by atoms with E-state index in [2.05, 4.69) is 0 Å². The second kappa shape index (κ2) is 3.88. The van der Waals surface area contributed by atoms with Crippen molar-refractivity contribution in [2.75, 3.05) is 0 Å². The first-order valence-corrected chi connectivity index (χ1v) is 4.30. The lowest BCUT2D eigenvalue weighted by Crippen LogP contribution is -1.95. The molecule has 4 nitrogen and oxygen atoms in total. The lowest BCUT2D eigenvalue weighted by Gasteiger charge is -1.92. The molecular weight excluding hydrogens is 196 g/mol. The van der Waals surface area contributed by atoms with Gasteiger partial charge in [-0.25, -0.2) is 4.79 Å². The fourth-order valence-corrected chi connectivity index (χ4v) is 1.12. The van der Waals surface area contributed by atoms with E-state index in [0.29, 0.717) is 5.76 Å². The van der Waals surface area contributed by atoms with Crippen molar-refractivity contribution < 1.29 is 13.9 Å². The van der Waals surface area contributed by atoms with E-state index in [1.807, 2.05) is 0 Å². The van der Waals surface area contributed by atoms with Crippen molar-refractivity contribution in [3.8, 4) is 5.75 Å². The van der Waals surface area contributed by atoms with E-state index in [9.17, 15) is 4.79 Å². The van der Waals surface area contributed by atoms with Crippen molar-refractivity contribution in [1.29, 1.82) is 0 Å². The first kappa shape index (κ1) is 9.33. The number of hydrogen-bond acceptors (Lipinski definition) is 4. The summed E-state index contributed by atoms with van der Waals surface area (Å²) in [5.41, 5.74) is -0.589. The second-order valence-electron chi connectivity index (χ2n) is 2.89. The Kier molecular flexibility index (Phi) is 2.41. The van der Waals surface area contributed by atoms with Gasteiger partial charge in [0.05, 0.1) is 12.3 Å². The Balaban J connectivity index is 2.28. The summed E-state index contributed by atoms with van der Waals surface area (Å²) in [6.45, 7) is 0. The molecule has 2 rings (SSSR count). The molecule has 0 atom stereocenters. The van der Waals surface area contributed by atoms with Crippen LogP contribution in [0.3, 0.4) is 0 Å². The van der Waals surface area contributed by atoms with Crippen LogP contribution in [0.15, 0.2) is 44.2 Å². The molecule has 0 saturated heterocycles. The maximum Gasteiger partial charge on any atom is 0.339 e. The molecule has 0 saturated carbocycles. The molecule has 0 aromatic carbocycles. The van der Waals surface area contributed by atoms with E-state index in [1.54, 1.807) is 24.3 Å². The number of hydrogen-bond donors (Lipinski definition) is 1. The maximum atomic E-state index is 10.9. The highest BCUT2D eigenvalue weighted by molar-refractivity contribution is 5.64. The molecule has 15 heavy (non-hydrogen) atoms. The summed E-state index contributed by atoms with van der Waals surface area (Å²) in [5, 5.41) is 9.13. The lowest BCUT2D eigenvalue weighted by atomic mass is 10.3. The monoisotopic (exact) mass is 204 g/mol. The van der Waals surface area contributed by atoms with Crippen molar-refractivity contribution in [2.24, 2.45) is 0 Å². The van der Waals surface area contributed by atoms with Gasteiger partial charge in [-0.3, -0.25) is 0 Å². The highest BCUT2D eigenvalue weighted by Crippen LogP contribution is 2.11. The number of aromatic hydroxyl groups is 1. The van der Waals surface area contributed by atoms with E-state index < -0.39 is 5.63 Å². The van der Waals surface area contributed by atoms with E-state index in [1.165, 1.54) is 12.3 Å². The lowest BCUT2D eigenvalue weighted by molar-refractivity contribution is 0.444. The molecule has 0 unspecified atom stereocenters. The van der Waals surface area contributed by atoms with Gasteiger partial charge >= 0.3 is 5.63 Å². The van der Waals surface area contributed by atoms with E-state index in [0.717, 1.165) is 6.07 Å². The molecule has 0 aliphatic heterocycles. The topological polar surface area (TPSA) is 63.6 Å². The Labute approximate surface area is 85.1 Å². The third kappa shape index (κ3) is 2.37. The van der Waals surface area contributed by atoms with Gasteiger partial charge in [0, 0.05) is 6.07 Å². The molecule has 2 aromatic heterocycles. The molecule has 4 heteroatoms. The quantitative estimate of drug-likeness (QED) is 0.813. The zero-order valence-electron chi connectivity index (χ0n) is 7.71. The van der Waals surface area contributed by atoms with Crippen LogP contribution in [-0.2, 0) is 0 Å². The first-order valence-electron chi connectivity index (χ1n) is 4.30. The van der Waals surface area contributed by atoms with Crippen molar-refractivity contribution >= 4 is 12.2 Å². The normalized spacial score (nSPS) is 10.9. The second-order valence-corrected chi connectivity index (χ2v) is 2.89. The smallest absolute Gasteiger partial charge is 0.339 e. The fourth-order valence-electron chi connectivity index (χ4n) is 1.12. The number of furan rings is 1. The van der Waals surface area contributed by atoms with E-state index >= 15 is 0 Å². The summed E-state index contributed by atoms with van der Waals surface area (Å²) in [6.07, 6.45) is 4.72. The van der Waals surface area contributed by atoms with E-state index in [4.69, 9.17) is 13.9 Å². The Morgan fingerprint density at radius 3 is 2.67 bits per heavy atom. The van der Waals surface area contributed by atoms with Gasteiger partial charge in [-0.1, -0.05) is 0 Å².